The van der Waals surface area contributed by atoms with Crippen LogP contribution in [0.5, 0.6) is 0 Å². The summed E-state index contributed by atoms with van der Waals surface area (Å²) in [5, 5.41) is 1.09. The number of nitrogens with zero attached hydrogens (tertiary/aromatic N) is 1. The number of benzene rings is 1. The Morgan fingerprint density at radius 2 is 1.81 bits per heavy atom. The molecular formula is C12H18Cl2NP. The number of hydrogen-bond donors (Lipinski definition) is 0. The molecule has 1 nitrogen and oxygen atoms in total. The van der Waals surface area contributed by atoms with E-state index in [2.05, 4.69) is 43.9 Å². The molecule has 0 radical (unpaired) electrons. The molecular weight excluding hydrogens is 260 g/mol. The molecule has 0 saturated heterocycles. The second-order valence-corrected chi connectivity index (χ2v) is 7.32. The van der Waals surface area contributed by atoms with Crippen LogP contribution < -0.4 is 5.30 Å². The van der Waals surface area contributed by atoms with Crippen LogP contribution in [0.4, 0.5) is 0 Å². The van der Waals surface area contributed by atoms with Crippen molar-refractivity contribution in [2.45, 2.75) is 27.3 Å². The smallest absolute Gasteiger partial charge is 0.117 e. The summed E-state index contributed by atoms with van der Waals surface area (Å²) in [6, 6.07) is 6.31. The van der Waals surface area contributed by atoms with Crippen LogP contribution in [0, 0.1) is 6.92 Å². The molecule has 1 aromatic rings. The van der Waals surface area contributed by atoms with E-state index in [0.29, 0.717) is 0 Å². The van der Waals surface area contributed by atoms with E-state index in [1.54, 1.807) is 0 Å². The molecule has 0 saturated carbocycles. The lowest BCUT2D eigenvalue weighted by molar-refractivity contribution is 0.296. The van der Waals surface area contributed by atoms with E-state index in [1.807, 2.05) is 0 Å². The molecule has 0 aliphatic heterocycles. The van der Waals surface area contributed by atoms with Gasteiger partial charge in [-0.25, -0.2) is 0 Å². The average molecular weight is 278 g/mol. The van der Waals surface area contributed by atoms with Crippen LogP contribution in [0.1, 0.15) is 25.0 Å². The number of aryl methyl sites for hydroxylation is 1. The average Bonchev–Trinajstić information content (AvgIpc) is 2.25. The highest BCUT2D eigenvalue weighted by atomic mass is 35.9. The summed E-state index contributed by atoms with van der Waals surface area (Å²) in [6.07, 6.45) is 0. The minimum atomic E-state index is -1.05. The highest BCUT2D eigenvalue weighted by Gasteiger charge is 2.12. The maximum Gasteiger partial charge on any atom is 0.117 e. The Morgan fingerprint density at radius 1 is 1.19 bits per heavy atom. The normalized spacial score (nSPS) is 11.4. The van der Waals surface area contributed by atoms with Gasteiger partial charge in [0.1, 0.15) is 6.63 Å². The molecule has 0 atom stereocenters. The number of rotatable bonds is 5. The second kappa shape index (κ2) is 6.81. The van der Waals surface area contributed by atoms with Gasteiger partial charge >= 0.3 is 0 Å². The quantitative estimate of drug-likeness (QED) is 0.728. The lowest BCUT2D eigenvalue weighted by Gasteiger charge is -2.20. The zero-order chi connectivity index (χ0) is 12.1. The zero-order valence-corrected chi connectivity index (χ0v) is 12.4. The van der Waals surface area contributed by atoms with Gasteiger partial charge in [0.25, 0.3) is 0 Å². The fourth-order valence-corrected chi connectivity index (χ4v) is 3.22. The molecule has 0 aliphatic rings. The van der Waals surface area contributed by atoms with Gasteiger partial charge in [-0.1, -0.05) is 60.1 Å². The highest BCUT2D eigenvalue weighted by Crippen LogP contribution is 2.46. The molecule has 0 bridgehead atoms. The van der Waals surface area contributed by atoms with E-state index in [-0.39, 0.29) is 0 Å². The molecule has 0 heterocycles. The van der Waals surface area contributed by atoms with Gasteiger partial charge in [-0.3, -0.25) is 4.90 Å². The van der Waals surface area contributed by atoms with Crippen molar-refractivity contribution < 1.29 is 0 Å². The zero-order valence-electron chi connectivity index (χ0n) is 10.0. The first-order chi connectivity index (χ1) is 7.58. The van der Waals surface area contributed by atoms with E-state index < -0.39 is 6.63 Å². The predicted molar refractivity (Wildman–Crippen MR) is 76.1 cm³/mol. The van der Waals surface area contributed by atoms with Gasteiger partial charge in [0.2, 0.25) is 0 Å². The third kappa shape index (κ3) is 3.89. The molecule has 0 N–H and O–H groups in total. The fourth-order valence-electron chi connectivity index (χ4n) is 1.69. The van der Waals surface area contributed by atoms with Crippen molar-refractivity contribution in [2.75, 3.05) is 13.1 Å². The molecule has 4 heteroatoms. The van der Waals surface area contributed by atoms with E-state index >= 15 is 0 Å². The van der Waals surface area contributed by atoms with Crippen molar-refractivity contribution in [3.63, 3.8) is 0 Å². The molecule has 90 valence electrons. The Kier molecular flexibility index (Phi) is 6.07. The topological polar surface area (TPSA) is 3.24 Å². The van der Waals surface area contributed by atoms with Crippen molar-refractivity contribution in [3.8, 4) is 0 Å². The van der Waals surface area contributed by atoms with Gasteiger partial charge in [0.05, 0.1) is 0 Å². The van der Waals surface area contributed by atoms with Gasteiger partial charge in [-0.05, 0) is 25.6 Å². The maximum absolute atomic E-state index is 6.04. The minimum Gasteiger partial charge on any atom is -0.300 e. The van der Waals surface area contributed by atoms with E-state index in [4.69, 9.17) is 22.5 Å². The van der Waals surface area contributed by atoms with Crippen LogP contribution >= 0.6 is 29.1 Å². The molecule has 0 aromatic heterocycles. The molecule has 16 heavy (non-hydrogen) atoms. The Bertz CT molecular complexity index is 338. The minimum absolute atomic E-state index is 0.933. The summed E-state index contributed by atoms with van der Waals surface area (Å²) >= 11 is 12.1. The first kappa shape index (κ1) is 14.3. The van der Waals surface area contributed by atoms with Crippen LogP contribution in [0.25, 0.3) is 0 Å². The first-order valence-electron chi connectivity index (χ1n) is 5.52. The summed E-state index contributed by atoms with van der Waals surface area (Å²) < 4.78 is 0. The molecule has 1 aromatic carbocycles. The van der Waals surface area contributed by atoms with Crippen molar-refractivity contribution >= 4 is 34.4 Å². The van der Waals surface area contributed by atoms with E-state index in [1.165, 1.54) is 11.1 Å². The molecule has 1 rings (SSSR count). The molecule has 0 aliphatic carbocycles. The van der Waals surface area contributed by atoms with Crippen molar-refractivity contribution in [3.05, 3.63) is 29.3 Å². The molecule has 0 amide bonds. The monoisotopic (exact) mass is 277 g/mol. The van der Waals surface area contributed by atoms with Gasteiger partial charge in [0.15, 0.2) is 0 Å². The fraction of sp³-hybridized carbons (Fsp3) is 0.500. The van der Waals surface area contributed by atoms with Crippen molar-refractivity contribution in [1.29, 1.82) is 0 Å². The lowest BCUT2D eigenvalue weighted by atomic mass is 10.1. The van der Waals surface area contributed by atoms with Gasteiger partial charge in [-0.2, -0.15) is 0 Å². The van der Waals surface area contributed by atoms with Crippen LogP contribution in [-0.2, 0) is 6.54 Å². The standard InChI is InChI=1S/C12H18Cl2NP/c1-4-15(5-2)9-11-8-10(3)6-7-12(11)16(13)14/h6-8H,4-5,9H2,1-3H3. The third-order valence-electron chi connectivity index (χ3n) is 2.71. The van der Waals surface area contributed by atoms with Crippen molar-refractivity contribution in [2.24, 2.45) is 0 Å². The molecule has 0 fully saturated rings. The van der Waals surface area contributed by atoms with E-state index in [9.17, 15) is 0 Å². The predicted octanol–water partition coefficient (Wildman–Crippen LogP) is 4.25. The molecule has 0 spiro atoms. The SMILES string of the molecule is CCN(CC)Cc1cc(C)ccc1P(Cl)Cl. The van der Waals surface area contributed by atoms with Gasteiger partial charge in [0, 0.05) is 11.8 Å². The Morgan fingerprint density at radius 3 is 2.31 bits per heavy atom. The van der Waals surface area contributed by atoms with Crippen LogP contribution in [0.15, 0.2) is 18.2 Å². The van der Waals surface area contributed by atoms with Gasteiger partial charge in [-0.15, -0.1) is 0 Å². The number of halogens is 2. The van der Waals surface area contributed by atoms with Crippen LogP contribution in [-0.4, -0.2) is 18.0 Å². The van der Waals surface area contributed by atoms with Crippen LogP contribution in [0.3, 0.4) is 0 Å². The molecule has 0 unspecified atom stereocenters. The first-order valence-corrected chi connectivity index (χ1v) is 8.67. The Labute approximate surface area is 109 Å². The van der Waals surface area contributed by atoms with Crippen molar-refractivity contribution in [1.82, 2.24) is 4.90 Å². The summed E-state index contributed by atoms with van der Waals surface area (Å²) in [5.74, 6) is 0. The lowest BCUT2D eigenvalue weighted by Crippen LogP contribution is -2.24. The van der Waals surface area contributed by atoms with Gasteiger partial charge < -0.3 is 0 Å². The van der Waals surface area contributed by atoms with E-state index in [0.717, 1.165) is 24.9 Å². The number of hydrogen-bond acceptors (Lipinski definition) is 1. The summed E-state index contributed by atoms with van der Waals surface area (Å²) in [7, 11) is 0. The summed E-state index contributed by atoms with van der Waals surface area (Å²) in [5.41, 5.74) is 2.52. The Balaban J connectivity index is 2.95. The maximum atomic E-state index is 6.04. The largest absolute Gasteiger partial charge is 0.300 e. The Hall–Kier alpha value is 0.190. The summed E-state index contributed by atoms with van der Waals surface area (Å²) in [6.45, 7) is 8.41. The second-order valence-electron chi connectivity index (χ2n) is 3.83. The van der Waals surface area contributed by atoms with Crippen LogP contribution in [0.2, 0.25) is 0 Å². The summed E-state index contributed by atoms with van der Waals surface area (Å²) in [4.78, 5) is 2.37. The highest BCUT2D eigenvalue weighted by molar-refractivity contribution is 8.08. The third-order valence-corrected chi connectivity index (χ3v) is 4.60.